The molecule has 8 heteroatoms. The van der Waals surface area contributed by atoms with Crippen LogP contribution in [0.15, 0.2) is 42.9 Å². The van der Waals surface area contributed by atoms with Crippen molar-refractivity contribution in [3.05, 3.63) is 65.4 Å². The minimum Gasteiger partial charge on any atom is -0.350 e. The lowest BCUT2D eigenvalue weighted by molar-refractivity contribution is 0.0927. The van der Waals surface area contributed by atoms with Crippen molar-refractivity contribution >= 4 is 11.8 Å². The van der Waals surface area contributed by atoms with Crippen molar-refractivity contribution in [1.29, 1.82) is 0 Å². The fourth-order valence-electron chi connectivity index (χ4n) is 2.91. The van der Waals surface area contributed by atoms with Crippen LogP contribution in [0.4, 0.5) is 0 Å². The van der Waals surface area contributed by atoms with Gasteiger partial charge in [0.1, 0.15) is 11.4 Å². The van der Waals surface area contributed by atoms with Crippen molar-refractivity contribution in [3.8, 4) is 5.82 Å². The summed E-state index contributed by atoms with van der Waals surface area (Å²) in [5, 5.41) is 9.81. The number of amides is 2. The molecule has 0 spiro atoms. The molecule has 3 aromatic rings. The molecule has 0 fully saturated rings. The third-order valence-electron chi connectivity index (χ3n) is 4.25. The predicted octanol–water partition coefficient (Wildman–Crippen LogP) is 1.38. The van der Waals surface area contributed by atoms with Gasteiger partial charge in [-0.05, 0) is 38.1 Å². The molecule has 8 nitrogen and oxygen atoms in total. The normalized spacial score (nSPS) is 10.6. The van der Waals surface area contributed by atoms with Crippen LogP contribution >= 0.6 is 0 Å². The molecule has 0 aromatic carbocycles. The first-order chi connectivity index (χ1) is 13.0. The highest BCUT2D eigenvalue weighted by Gasteiger charge is 2.19. The molecule has 0 unspecified atom stereocenters. The second kappa shape index (κ2) is 7.86. The van der Waals surface area contributed by atoms with E-state index in [0.29, 0.717) is 30.0 Å². The molecule has 3 aromatic heterocycles. The Labute approximate surface area is 157 Å². The summed E-state index contributed by atoms with van der Waals surface area (Å²) in [6, 6.07) is 7.38. The average molecular weight is 366 g/mol. The molecule has 140 valence electrons. The maximum absolute atomic E-state index is 12.6. The highest BCUT2D eigenvalue weighted by Crippen LogP contribution is 2.19. The standard InChI is InChI=1S/C19H22N6O2/c1-13-6-7-14(2)25(13)19-16(12-23-24(19)3)18(27)22-10-9-21-17(26)15-5-4-8-20-11-15/h4-8,11-12H,9-10H2,1-3H3,(H,21,26)(H,22,27). The van der Waals surface area contributed by atoms with Gasteiger partial charge in [0, 0.05) is 43.9 Å². The fraction of sp³-hybridized carbons (Fsp3) is 0.263. The first-order valence-electron chi connectivity index (χ1n) is 8.62. The largest absolute Gasteiger partial charge is 0.350 e. The number of aromatic nitrogens is 4. The smallest absolute Gasteiger partial charge is 0.256 e. The van der Waals surface area contributed by atoms with E-state index in [1.807, 2.05) is 30.5 Å². The van der Waals surface area contributed by atoms with Crippen LogP contribution in [0.2, 0.25) is 0 Å². The van der Waals surface area contributed by atoms with E-state index in [0.717, 1.165) is 11.4 Å². The van der Waals surface area contributed by atoms with Gasteiger partial charge < -0.3 is 15.2 Å². The number of pyridine rings is 1. The summed E-state index contributed by atoms with van der Waals surface area (Å²) >= 11 is 0. The Kier molecular flexibility index (Phi) is 5.35. The van der Waals surface area contributed by atoms with Gasteiger partial charge in [-0.25, -0.2) is 0 Å². The van der Waals surface area contributed by atoms with Gasteiger partial charge in [-0.2, -0.15) is 5.10 Å². The molecule has 0 saturated carbocycles. The van der Waals surface area contributed by atoms with Crippen molar-refractivity contribution < 1.29 is 9.59 Å². The van der Waals surface area contributed by atoms with Crippen LogP contribution < -0.4 is 10.6 Å². The summed E-state index contributed by atoms with van der Waals surface area (Å²) in [7, 11) is 1.80. The topological polar surface area (TPSA) is 93.8 Å². The van der Waals surface area contributed by atoms with Crippen LogP contribution in [-0.4, -0.2) is 44.2 Å². The minimum atomic E-state index is -0.235. The third-order valence-corrected chi connectivity index (χ3v) is 4.25. The van der Waals surface area contributed by atoms with Crippen molar-refractivity contribution in [1.82, 2.24) is 30.0 Å². The SMILES string of the molecule is Cc1ccc(C)n1-c1c(C(=O)NCCNC(=O)c2cccnc2)cnn1C. The van der Waals surface area contributed by atoms with E-state index in [-0.39, 0.29) is 11.8 Å². The summed E-state index contributed by atoms with van der Waals surface area (Å²) in [6.07, 6.45) is 4.66. The number of carbonyl (C=O) groups excluding carboxylic acids is 2. The lowest BCUT2D eigenvalue weighted by atomic mass is 10.2. The lowest BCUT2D eigenvalue weighted by Crippen LogP contribution is -2.35. The van der Waals surface area contributed by atoms with Gasteiger partial charge >= 0.3 is 0 Å². The summed E-state index contributed by atoms with van der Waals surface area (Å²) in [4.78, 5) is 28.5. The molecule has 0 aliphatic rings. The molecule has 0 radical (unpaired) electrons. The molecule has 0 aliphatic carbocycles. The van der Waals surface area contributed by atoms with Crippen molar-refractivity contribution in [3.63, 3.8) is 0 Å². The van der Waals surface area contributed by atoms with Crippen molar-refractivity contribution in [2.45, 2.75) is 13.8 Å². The molecule has 0 aliphatic heterocycles. The highest BCUT2D eigenvalue weighted by molar-refractivity contribution is 5.97. The van der Waals surface area contributed by atoms with Crippen LogP contribution in [-0.2, 0) is 7.05 Å². The number of nitrogens with one attached hydrogen (secondary N) is 2. The lowest BCUT2D eigenvalue weighted by Gasteiger charge is -2.12. The summed E-state index contributed by atoms with van der Waals surface area (Å²) in [6.45, 7) is 4.59. The maximum atomic E-state index is 12.6. The number of nitrogens with zero attached hydrogens (tertiary/aromatic N) is 4. The van der Waals surface area contributed by atoms with E-state index < -0.39 is 0 Å². The van der Waals surface area contributed by atoms with E-state index in [1.54, 1.807) is 36.3 Å². The van der Waals surface area contributed by atoms with Gasteiger partial charge in [-0.1, -0.05) is 0 Å². The molecular weight excluding hydrogens is 344 g/mol. The van der Waals surface area contributed by atoms with E-state index in [1.165, 1.54) is 6.20 Å². The summed E-state index contributed by atoms with van der Waals surface area (Å²) in [5.41, 5.74) is 3.01. The molecule has 3 heterocycles. The first kappa shape index (κ1) is 18.4. The van der Waals surface area contributed by atoms with Crippen LogP contribution in [0.1, 0.15) is 32.1 Å². The Morgan fingerprint density at radius 2 is 1.67 bits per heavy atom. The monoisotopic (exact) mass is 366 g/mol. The van der Waals surface area contributed by atoms with E-state index in [4.69, 9.17) is 0 Å². The Balaban J connectivity index is 1.62. The number of aryl methyl sites for hydroxylation is 3. The molecule has 0 atom stereocenters. The second-order valence-corrected chi connectivity index (χ2v) is 6.21. The number of hydrogen-bond acceptors (Lipinski definition) is 4. The number of hydrogen-bond donors (Lipinski definition) is 2. The Bertz CT molecular complexity index is 938. The quantitative estimate of drug-likeness (QED) is 0.645. The Hall–Kier alpha value is -3.42. The Morgan fingerprint density at radius 1 is 1.00 bits per heavy atom. The molecule has 2 amide bonds. The third kappa shape index (κ3) is 3.89. The molecule has 27 heavy (non-hydrogen) atoms. The zero-order valence-electron chi connectivity index (χ0n) is 15.6. The summed E-state index contributed by atoms with van der Waals surface area (Å²) in [5.74, 6) is 0.256. The van der Waals surface area contributed by atoms with Crippen molar-refractivity contribution in [2.24, 2.45) is 7.05 Å². The number of rotatable bonds is 6. The van der Waals surface area contributed by atoms with Gasteiger partial charge in [0.25, 0.3) is 11.8 Å². The fourth-order valence-corrected chi connectivity index (χ4v) is 2.91. The zero-order chi connectivity index (χ0) is 19.4. The first-order valence-corrected chi connectivity index (χ1v) is 8.62. The van der Waals surface area contributed by atoms with Gasteiger partial charge in [0.15, 0.2) is 0 Å². The Morgan fingerprint density at radius 3 is 2.30 bits per heavy atom. The highest BCUT2D eigenvalue weighted by atomic mass is 16.2. The molecule has 2 N–H and O–H groups in total. The van der Waals surface area contributed by atoms with Crippen LogP contribution in [0.25, 0.3) is 5.82 Å². The van der Waals surface area contributed by atoms with Gasteiger partial charge in [0.2, 0.25) is 0 Å². The predicted molar refractivity (Wildman–Crippen MR) is 101 cm³/mol. The van der Waals surface area contributed by atoms with Gasteiger partial charge in [0.05, 0.1) is 11.8 Å². The van der Waals surface area contributed by atoms with E-state index in [2.05, 4.69) is 20.7 Å². The second-order valence-electron chi connectivity index (χ2n) is 6.21. The number of carbonyl (C=O) groups is 2. The van der Waals surface area contributed by atoms with Gasteiger partial charge in [-0.3, -0.25) is 19.3 Å². The molecule has 0 saturated heterocycles. The van der Waals surface area contributed by atoms with Crippen LogP contribution in [0.3, 0.4) is 0 Å². The van der Waals surface area contributed by atoms with E-state index >= 15 is 0 Å². The van der Waals surface area contributed by atoms with Crippen LogP contribution in [0, 0.1) is 13.8 Å². The summed E-state index contributed by atoms with van der Waals surface area (Å²) < 4.78 is 3.67. The molecule has 0 bridgehead atoms. The average Bonchev–Trinajstić information content (AvgIpc) is 3.20. The van der Waals surface area contributed by atoms with E-state index in [9.17, 15) is 9.59 Å². The minimum absolute atomic E-state index is 0.224. The van der Waals surface area contributed by atoms with Crippen molar-refractivity contribution in [2.75, 3.05) is 13.1 Å². The molecule has 3 rings (SSSR count). The maximum Gasteiger partial charge on any atom is 0.256 e. The van der Waals surface area contributed by atoms with Gasteiger partial charge in [-0.15, -0.1) is 0 Å². The van der Waals surface area contributed by atoms with Crippen LogP contribution in [0.5, 0.6) is 0 Å². The zero-order valence-corrected chi connectivity index (χ0v) is 15.6. The molecular formula is C19H22N6O2.